The first-order valence-corrected chi connectivity index (χ1v) is 9.98. The minimum atomic E-state index is -0.761. The van der Waals surface area contributed by atoms with Crippen LogP contribution in [0.4, 0.5) is 14.0 Å². The highest BCUT2D eigenvalue weighted by Gasteiger charge is 2.28. The van der Waals surface area contributed by atoms with Gasteiger partial charge in [0.25, 0.3) is 0 Å². The fraction of sp³-hybridized carbons (Fsp3) is 0.435. The van der Waals surface area contributed by atoms with Gasteiger partial charge in [0.05, 0.1) is 11.7 Å². The van der Waals surface area contributed by atoms with Crippen LogP contribution >= 0.6 is 0 Å². The Morgan fingerprint density at radius 1 is 1.16 bits per heavy atom. The van der Waals surface area contributed by atoms with Crippen LogP contribution in [-0.4, -0.2) is 32.9 Å². The fourth-order valence-corrected chi connectivity index (χ4v) is 2.74. The van der Waals surface area contributed by atoms with Crippen LogP contribution in [0, 0.1) is 5.82 Å². The van der Waals surface area contributed by atoms with Crippen LogP contribution in [0.3, 0.4) is 0 Å². The molecule has 7 nitrogen and oxygen atoms in total. The molecule has 0 spiro atoms. The maximum absolute atomic E-state index is 14.4. The molecule has 1 aromatic heterocycles. The monoisotopic (exact) mass is 431 g/mol. The Labute approximate surface area is 182 Å². The van der Waals surface area contributed by atoms with Gasteiger partial charge in [-0.05, 0) is 60.1 Å². The first-order chi connectivity index (χ1) is 14.3. The summed E-state index contributed by atoms with van der Waals surface area (Å²) in [6.07, 6.45) is 1.87. The Balaban J connectivity index is 2.52. The molecule has 0 fully saturated rings. The number of carbonyl (C=O) groups excluding carboxylic acids is 2. The van der Waals surface area contributed by atoms with Gasteiger partial charge in [-0.25, -0.2) is 23.5 Å². The number of benzene rings is 1. The molecule has 0 radical (unpaired) electrons. The number of nitrogens with zero attached hydrogens (tertiary/aromatic N) is 2. The summed E-state index contributed by atoms with van der Waals surface area (Å²) in [5, 5.41) is 2.71. The number of aromatic nitrogens is 2. The van der Waals surface area contributed by atoms with Gasteiger partial charge in [-0.2, -0.15) is 0 Å². The molecule has 0 bridgehead atoms. The molecule has 1 unspecified atom stereocenters. The summed E-state index contributed by atoms with van der Waals surface area (Å²) in [5.41, 5.74) is -1.01. The fourth-order valence-electron chi connectivity index (χ4n) is 2.74. The molecule has 168 valence electrons. The number of hydrogen-bond donors (Lipinski definition) is 1. The van der Waals surface area contributed by atoms with E-state index in [4.69, 9.17) is 9.47 Å². The summed E-state index contributed by atoms with van der Waals surface area (Å²) in [6.45, 7) is 14.2. The van der Waals surface area contributed by atoms with Gasteiger partial charge in [-0.1, -0.05) is 18.2 Å². The van der Waals surface area contributed by atoms with E-state index in [1.165, 1.54) is 16.8 Å². The molecule has 0 aliphatic carbocycles. The number of carbonyl (C=O) groups is 2. The number of halogens is 1. The summed E-state index contributed by atoms with van der Waals surface area (Å²) in [5.74, 6) is -0.304. The molecule has 1 N–H and O–H groups in total. The average molecular weight is 432 g/mol. The maximum Gasteiger partial charge on any atom is 0.420 e. The third-order valence-electron chi connectivity index (χ3n) is 3.88. The summed E-state index contributed by atoms with van der Waals surface area (Å²) in [7, 11) is 0. The zero-order chi connectivity index (χ0) is 23.4. The van der Waals surface area contributed by atoms with Crippen molar-refractivity contribution in [1.29, 1.82) is 0 Å². The van der Waals surface area contributed by atoms with Crippen molar-refractivity contribution < 1.29 is 23.5 Å². The van der Waals surface area contributed by atoms with Gasteiger partial charge in [0, 0.05) is 11.8 Å². The van der Waals surface area contributed by atoms with Gasteiger partial charge in [-0.15, -0.1) is 6.58 Å². The molecular formula is C23H30FN3O4. The highest BCUT2D eigenvalue weighted by Crippen LogP contribution is 2.27. The molecule has 1 atom stereocenters. The van der Waals surface area contributed by atoms with E-state index in [0.717, 1.165) is 0 Å². The SMILES string of the molecule is C=CCC(NC(=O)OC(C)(C)C)c1nc(-c2ccccc2F)cn1C(=O)OC(C)(C)C. The number of rotatable bonds is 5. The van der Waals surface area contributed by atoms with Crippen LogP contribution in [0.25, 0.3) is 11.3 Å². The lowest BCUT2D eigenvalue weighted by Gasteiger charge is -2.24. The molecule has 0 saturated carbocycles. The highest BCUT2D eigenvalue weighted by molar-refractivity contribution is 5.75. The third kappa shape index (κ3) is 6.94. The highest BCUT2D eigenvalue weighted by atomic mass is 19.1. The van der Waals surface area contributed by atoms with Gasteiger partial charge < -0.3 is 14.8 Å². The molecule has 8 heteroatoms. The van der Waals surface area contributed by atoms with E-state index in [2.05, 4.69) is 16.9 Å². The minimum absolute atomic E-state index is 0.179. The number of ether oxygens (including phenoxy) is 2. The van der Waals surface area contributed by atoms with Crippen LogP contribution in [-0.2, 0) is 9.47 Å². The van der Waals surface area contributed by atoms with E-state index in [1.54, 1.807) is 65.8 Å². The van der Waals surface area contributed by atoms with Gasteiger partial charge in [0.15, 0.2) is 0 Å². The van der Waals surface area contributed by atoms with Gasteiger partial charge >= 0.3 is 12.2 Å². The first kappa shape index (κ1) is 24.1. The van der Waals surface area contributed by atoms with E-state index >= 15 is 0 Å². The smallest absolute Gasteiger partial charge is 0.420 e. The van der Waals surface area contributed by atoms with Crippen molar-refractivity contribution >= 4 is 12.2 Å². The van der Waals surface area contributed by atoms with Gasteiger partial charge in [0.2, 0.25) is 0 Å². The Hall–Kier alpha value is -3.16. The Morgan fingerprint density at radius 3 is 2.32 bits per heavy atom. The second kappa shape index (κ2) is 9.32. The standard InChI is InChI=1S/C23H30FN3O4/c1-8-11-17(26-20(28)30-22(2,3)4)19-25-18(15-12-9-10-13-16(15)24)14-27(19)21(29)31-23(5,6)7/h8-10,12-14,17H,1,11H2,2-7H3,(H,26,28). The summed E-state index contributed by atoms with van der Waals surface area (Å²) >= 11 is 0. The van der Waals surface area contributed by atoms with Crippen molar-refractivity contribution in [2.75, 3.05) is 0 Å². The molecule has 0 aliphatic rings. The zero-order valence-corrected chi connectivity index (χ0v) is 18.9. The van der Waals surface area contributed by atoms with Crippen molar-refractivity contribution in [2.24, 2.45) is 0 Å². The lowest BCUT2D eigenvalue weighted by Crippen LogP contribution is -2.37. The maximum atomic E-state index is 14.4. The van der Waals surface area contributed by atoms with E-state index in [0.29, 0.717) is 0 Å². The first-order valence-electron chi connectivity index (χ1n) is 9.98. The average Bonchev–Trinajstić information content (AvgIpc) is 3.04. The normalized spacial score (nSPS) is 12.7. The van der Waals surface area contributed by atoms with E-state index in [-0.39, 0.29) is 23.5 Å². The van der Waals surface area contributed by atoms with Crippen molar-refractivity contribution in [3.63, 3.8) is 0 Å². The third-order valence-corrected chi connectivity index (χ3v) is 3.88. The molecule has 0 saturated heterocycles. The van der Waals surface area contributed by atoms with Gasteiger partial charge in [0.1, 0.15) is 22.8 Å². The predicted molar refractivity (Wildman–Crippen MR) is 116 cm³/mol. The Kier molecular flexibility index (Phi) is 7.25. The summed E-state index contributed by atoms with van der Waals surface area (Å²) < 4.78 is 26.3. The lowest BCUT2D eigenvalue weighted by atomic mass is 10.1. The quantitative estimate of drug-likeness (QED) is 0.622. The molecule has 1 heterocycles. The topological polar surface area (TPSA) is 82.5 Å². The Morgan fingerprint density at radius 2 is 1.77 bits per heavy atom. The Bertz CT molecular complexity index is 954. The van der Waals surface area contributed by atoms with Crippen molar-refractivity contribution in [3.8, 4) is 11.3 Å². The molecule has 31 heavy (non-hydrogen) atoms. The van der Waals surface area contributed by atoms with Crippen molar-refractivity contribution in [1.82, 2.24) is 14.9 Å². The van der Waals surface area contributed by atoms with Crippen LogP contribution < -0.4 is 5.32 Å². The molecular weight excluding hydrogens is 401 g/mol. The minimum Gasteiger partial charge on any atom is -0.444 e. The second-order valence-electron chi connectivity index (χ2n) is 9.04. The van der Waals surface area contributed by atoms with Crippen molar-refractivity contribution in [2.45, 2.75) is 65.2 Å². The number of imidazole rings is 1. The second-order valence-corrected chi connectivity index (χ2v) is 9.04. The zero-order valence-electron chi connectivity index (χ0n) is 18.9. The van der Waals surface area contributed by atoms with Gasteiger partial charge in [-0.3, -0.25) is 0 Å². The summed E-state index contributed by atoms with van der Waals surface area (Å²) in [4.78, 5) is 29.7. The molecule has 2 aromatic rings. The van der Waals surface area contributed by atoms with E-state index < -0.39 is 35.2 Å². The molecule has 0 aliphatic heterocycles. The van der Waals surface area contributed by atoms with E-state index in [9.17, 15) is 14.0 Å². The molecule has 1 aromatic carbocycles. The van der Waals surface area contributed by atoms with Crippen molar-refractivity contribution in [3.05, 3.63) is 54.8 Å². The largest absolute Gasteiger partial charge is 0.444 e. The predicted octanol–water partition coefficient (Wildman–Crippen LogP) is 5.61. The van der Waals surface area contributed by atoms with Crippen LogP contribution in [0.2, 0.25) is 0 Å². The van der Waals surface area contributed by atoms with E-state index in [1.807, 2.05) is 0 Å². The number of alkyl carbamates (subject to hydrolysis) is 1. The molecule has 1 amide bonds. The summed E-state index contributed by atoms with van der Waals surface area (Å²) in [6, 6.07) is 5.35. The molecule has 2 rings (SSSR count). The number of amides is 1. The lowest BCUT2D eigenvalue weighted by molar-refractivity contribution is 0.0473. The van der Waals surface area contributed by atoms with Crippen LogP contribution in [0.1, 0.15) is 59.8 Å². The van der Waals surface area contributed by atoms with Crippen LogP contribution in [0.15, 0.2) is 43.1 Å². The van der Waals surface area contributed by atoms with Crippen LogP contribution in [0.5, 0.6) is 0 Å². The number of nitrogens with one attached hydrogen (secondary N) is 1. The number of hydrogen-bond acceptors (Lipinski definition) is 5.